The average molecular weight is 278 g/mol. The Bertz CT molecular complexity index is 773. The predicted molar refractivity (Wildman–Crippen MR) is 77.6 cm³/mol. The summed E-state index contributed by atoms with van der Waals surface area (Å²) in [4.78, 5) is 22.1. The summed E-state index contributed by atoms with van der Waals surface area (Å²) < 4.78 is 0. The third-order valence-electron chi connectivity index (χ3n) is 2.78. The van der Waals surface area contributed by atoms with Crippen LogP contribution in [0.4, 0.5) is 5.69 Å². The molecule has 0 heterocycles. The minimum absolute atomic E-state index is 0.124. The maximum Gasteiger partial charge on any atom is 0.270 e. The number of nitriles is 1. The fourth-order valence-corrected chi connectivity index (χ4v) is 1.75. The van der Waals surface area contributed by atoms with Gasteiger partial charge in [0.25, 0.3) is 5.69 Å². The summed E-state index contributed by atoms with van der Waals surface area (Å²) in [6.07, 6.45) is 2.90. The van der Waals surface area contributed by atoms with Crippen LogP contribution in [0.15, 0.2) is 54.6 Å². The van der Waals surface area contributed by atoms with E-state index in [0.29, 0.717) is 11.1 Å². The molecule has 0 aliphatic carbocycles. The molecule has 5 nitrogen and oxygen atoms in total. The lowest BCUT2D eigenvalue weighted by atomic mass is 10.1. The Morgan fingerprint density at radius 2 is 1.95 bits per heavy atom. The SMILES string of the molecule is N#Cc1cccc(/C=C/C(=O)c2cccc([N+](=O)[O-])c2)c1. The lowest BCUT2D eigenvalue weighted by molar-refractivity contribution is -0.384. The van der Waals surface area contributed by atoms with Crippen LogP contribution in [-0.2, 0) is 0 Å². The van der Waals surface area contributed by atoms with E-state index in [9.17, 15) is 14.9 Å². The Morgan fingerprint density at radius 1 is 1.19 bits per heavy atom. The van der Waals surface area contributed by atoms with Gasteiger partial charge in [0.2, 0.25) is 0 Å². The number of nitro benzene ring substituents is 1. The molecule has 0 fully saturated rings. The number of carbonyl (C=O) groups excluding carboxylic acids is 1. The molecular weight excluding hydrogens is 268 g/mol. The van der Waals surface area contributed by atoms with Crippen LogP contribution in [0.3, 0.4) is 0 Å². The molecule has 5 heteroatoms. The van der Waals surface area contributed by atoms with Crippen molar-refractivity contribution in [3.8, 4) is 6.07 Å². The first-order valence-electron chi connectivity index (χ1n) is 6.07. The zero-order valence-electron chi connectivity index (χ0n) is 10.9. The van der Waals surface area contributed by atoms with E-state index in [0.717, 1.165) is 0 Å². The minimum atomic E-state index is -0.545. The van der Waals surface area contributed by atoms with E-state index in [2.05, 4.69) is 0 Å². The molecule has 0 aliphatic rings. The Hall–Kier alpha value is -3.26. The number of benzene rings is 2. The van der Waals surface area contributed by atoms with E-state index >= 15 is 0 Å². The Morgan fingerprint density at radius 3 is 2.67 bits per heavy atom. The van der Waals surface area contributed by atoms with Crippen LogP contribution in [0.5, 0.6) is 0 Å². The Labute approximate surface area is 120 Å². The van der Waals surface area contributed by atoms with Crippen molar-refractivity contribution < 1.29 is 9.72 Å². The maximum absolute atomic E-state index is 12.0. The quantitative estimate of drug-likeness (QED) is 0.371. The highest BCUT2D eigenvalue weighted by molar-refractivity contribution is 6.07. The van der Waals surface area contributed by atoms with Crippen molar-refractivity contribution in [3.05, 3.63) is 81.4 Å². The number of rotatable bonds is 4. The van der Waals surface area contributed by atoms with Crippen molar-refractivity contribution in [2.24, 2.45) is 0 Å². The number of nitro groups is 1. The number of hydrogen-bond acceptors (Lipinski definition) is 4. The molecule has 0 spiro atoms. The highest BCUT2D eigenvalue weighted by Crippen LogP contribution is 2.14. The molecule has 0 N–H and O–H groups in total. The van der Waals surface area contributed by atoms with Gasteiger partial charge in [-0.1, -0.05) is 30.3 Å². The van der Waals surface area contributed by atoms with Crippen LogP contribution < -0.4 is 0 Å². The topological polar surface area (TPSA) is 84.0 Å². The molecule has 21 heavy (non-hydrogen) atoms. The zero-order chi connectivity index (χ0) is 15.2. The molecular formula is C16H10N2O3. The smallest absolute Gasteiger partial charge is 0.270 e. The van der Waals surface area contributed by atoms with Gasteiger partial charge in [-0.2, -0.15) is 5.26 Å². The second-order valence-electron chi connectivity index (χ2n) is 4.24. The van der Waals surface area contributed by atoms with Crippen LogP contribution in [0.2, 0.25) is 0 Å². The first kappa shape index (κ1) is 14.2. The average Bonchev–Trinajstić information content (AvgIpc) is 2.53. The van der Waals surface area contributed by atoms with Gasteiger partial charge in [-0.15, -0.1) is 0 Å². The molecule has 0 radical (unpaired) electrons. The van der Waals surface area contributed by atoms with E-state index < -0.39 is 4.92 Å². The molecule has 0 aliphatic heterocycles. The molecule has 0 atom stereocenters. The van der Waals surface area contributed by atoms with Crippen molar-refractivity contribution in [1.82, 2.24) is 0 Å². The summed E-state index contributed by atoms with van der Waals surface area (Å²) in [6.45, 7) is 0. The second kappa shape index (κ2) is 6.26. The van der Waals surface area contributed by atoms with Crippen molar-refractivity contribution in [1.29, 1.82) is 5.26 Å². The fourth-order valence-electron chi connectivity index (χ4n) is 1.75. The van der Waals surface area contributed by atoms with Gasteiger partial charge in [-0.25, -0.2) is 0 Å². The summed E-state index contributed by atoms with van der Waals surface area (Å²) in [5.41, 5.74) is 1.34. The van der Waals surface area contributed by atoms with E-state index in [4.69, 9.17) is 5.26 Å². The number of ketones is 1. The fraction of sp³-hybridized carbons (Fsp3) is 0. The van der Waals surface area contributed by atoms with Crippen molar-refractivity contribution in [2.75, 3.05) is 0 Å². The molecule has 0 saturated carbocycles. The minimum Gasteiger partial charge on any atom is -0.289 e. The lowest BCUT2D eigenvalue weighted by Crippen LogP contribution is -1.96. The first-order chi connectivity index (χ1) is 10.1. The van der Waals surface area contributed by atoms with Gasteiger partial charge < -0.3 is 0 Å². The molecule has 2 aromatic rings. The summed E-state index contributed by atoms with van der Waals surface area (Å²) in [7, 11) is 0. The molecule has 2 rings (SSSR count). The van der Waals surface area contributed by atoms with E-state index in [1.165, 1.54) is 30.3 Å². The summed E-state index contributed by atoms with van der Waals surface area (Å²) in [5.74, 6) is -0.332. The maximum atomic E-state index is 12.0. The normalized spacial score (nSPS) is 10.2. The van der Waals surface area contributed by atoms with Gasteiger partial charge in [0.05, 0.1) is 16.6 Å². The molecule has 2 aromatic carbocycles. The second-order valence-corrected chi connectivity index (χ2v) is 4.24. The standard InChI is InChI=1S/C16H10N2O3/c17-11-13-4-1-3-12(9-13)7-8-16(19)14-5-2-6-15(10-14)18(20)21/h1-10H/b8-7+. The van der Waals surface area contributed by atoms with Crippen LogP contribution in [0.1, 0.15) is 21.5 Å². The molecule has 0 unspecified atom stereocenters. The number of non-ortho nitro benzene ring substituents is 1. The summed E-state index contributed by atoms with van der Waals surface area (Å²) >= 11 is 0. The lowest BCUT2D eigenvalue weighted by Gasteiger charge is -1.97. The third-order valence-corrected chi connectivity index (χ3v) is 2.78. The number of nitrogens with zero attached hydrogens (tertiary/aromatic N) is 2. The highest BCUT2D eigenvalue weighted by atomic mass is 16.6. The Kier molecular flexibility index (Phi) is 4.22. The van der Waals surface area contributed by atoms with Gasteiger partial charge in [0.1, 0.15) is 0 Å². The summed E-state index contributed by atoms with van der Waals surface area (Å²) in [5, 5.41) is 19.5. The predicted octanol–water partition coefficient (Wildman–Crippen LogP) is 3.36. The molecule has 102 valence electrons. The highest BCUT2D eigenvalue weighted by Gasteiger charge is 2.09. The van der Waals surface area contributed by atoms with Crippen molar-refractivity contribution in [3.63, 3.8) is 0 Å². The summed E-state index contributed by atoms with van der Waals surface area (Å²) in [6, 6.07) is 14.4. The van der Waals surface area contributed by atoms with Crippen LogP contribution in [0.25, 0.3) is 6.08 Å². The van der Waals surface area contributed by atoms with Crippen LogP contribution in [0, 0.1) is 21.4 Å². The number of carbonyl (C=O) groups is 1. The number of hydrogen-bond donors (Lipinski definition) is 0. The van der Waals surface area contributed by atoms with E-state index in [-0.39, 0.29) is 17.0 Å². The van der Waals surface area contributed by atoms with E-state index in [1.54, 1.807) is 30.3 Å². The van der Waals surface area contributed by atoms with E-state index in [1.807, 2.05) is 6.07 Å². The molecule has 0 saturated heterocycles. The Balaban J connectivity index is 2.21. The van der Waals surface area contributed by atoms with Gasteiger partial charge in [-0.3, -0.25) is 14.9 Å². The molecule has 0 aromatic heterocycles. The van der Waals surface area contributed by atoms with Gasteiger partial charge >= 0.3 is 0 Å². The van der Waals surface area contributed by atoms with Gasteiger partial charge in [0, 0.05) is 17.7 Å². The van der Waals surface area contributed by atoms with Crippen molar-refractivity contribution >= 4 is 17.5 Å². The van der Waals surface area contributed by atoms with Crippen molar-refractivity contribution in [2.45, 2.75) is 0 Å². The first-order valence-corrected chi connectivity index (χ1v) is 6.07. The van der Waals surface area contributed by atoms with Gasteiger partial charge in [-0.05, 0) is 23.8 Å². The van der Waals surface area contributed by atoms with Crippen LogP contribution >= 0.6 is 0 Å². The monoisotopic (exact) mass is 278 g/mol. The molecule has 0 amide bonds. The van der Waals surface area contributed by atoms with Gasteiger partial charge in [0.15, 0.2) is 5.78 Å². The molecule has 0 bridgehead atoms. The zero-order valence-corrected chi connectivity index (χ0v) is 10.9. The number of allylic oxidation sites excluding steroid dienone is 1. The largest absolute Gasteiger partial charge is 0.289 e. The third kappa shape index (κ3) is 3.61. The van der Waals surface area contributed by atoms with Crippen LogP contribution in [-0.4, -0.2) is 10.7 Å².